The Balaban J connectivity index is 1.83. The van der Waals surface area contributed by atoms with Crippen LogP contribution in [0.3, 0.4) is 0 Å². The quantitative estimate of drug-likeness (QED) is 0.616. The van der Waals surface area contributed by atoms with E-state index in [9.17, 15) is 4.79 Å². The summed E-state index contributed by atoms with van der Waals surface area (Å²) in [5.74, 6) is 0.353. The molecule has 1 aliphatic heterocycles. The summed E-state index contributed by atoms with van der Waals surface area (Å²) in [5, 5.41) is 0.676. The molecule has 0 aliphatic carbocycles. The third-order valence-corrected chi connectivity index (χ3v) is 3.59. The van der Waals surface area contributed by atoms with E-state index in [4.69, 9.17) is 16.3 Å². The minimum atomic E-state index is -0.154. The molecule has 1 atom stereocenters. The van der Waals surface area contributed by atoms with Gasteiger partial charge in [0.2, 0.25) is 0 Å². The van der Waals surface area contributed by atoms with Crippen LogP contribution in [0.2, 0.25) is 5.02 Å². The lowest BCUT2D eigenvalue weighted by Crippen LogP contribution is -2.29. The first-order valence-corrected chi connectivity index (χ1v) is 6.64. The Morgan fingerprint density at radius 2 is 1.95 bits per heavy atom. The van der Waals surface area contributed by atoms with Gasteiger partial charge >= 0.3 is 5.97 Å². The molecule has 96 valence electrons. The first-order chi connectivity index (χ1) is 9.22. The minimum absolute atomic E-state index is 0.131. The molecule has 0 bridgehead atoms. The Morgan fingerprint density at radius 3 is 2.74 bits per heavy atom. The topological polar surface area (TPSA) is 26.3 Å². The summed E-state index contributed by atoms with van der Waals surface area (Å²) in [4.78, 5) is 12.0. The number of esters is 1. The van der Waals surface area contributed by atoms with Crippen molar-refractivity contribution in [3.05, 3.63) is 64.7 Å². The van der Waals surface area contributed by atoms with Crippen molar-refractivity contribution in [1.29, 1.82) is 0 Å². The number of carbonyl (C=O) groups is 1. The predicted octanol–water partition coefficient (Wildman–Crippen LogP) is 3.66. The van der Waals surface area contributed by atoms with Gasteiger partial charge in [-0.3, -0.25) is 4.79 Å². The molecule has 0 N–H and O–H groups in total. The molecule has 2 aromatic carbocycles. The van der Waals surface area contributed by atoms with Crippen LogP contribution in [0.5, 0.6) is 5.75 Å². The average Bonchev–Trinajstić information content (AvgIpc) is 2.41. The van der Waals surface area contributed by atoms with Crippen LogP contribution in [-0.4, -0.2) is 5.97 Å². The van der Waals surface area contributed by atoms with Gasteiger partial charge in [0, 0.05) is 5.02 Å². The lowest BCUT2D eigenvalue weighted by Gasteiger charge is -2.23. The van der Waals surface area contributed by atoms with Crippen LogP contribution in [-0.2, 0) is 17.6 Å². The van der Waals surface area contributed by atoms with Crippen molar-refractivity contribution < 1.29 is 9.53 Å². The lowest BCUT2D eigenvalue weighted by molar-refractivity contribution is -0.140. The number of rotatable bonds is 2. The number of carbonyl (C=O) groups excluding carboxylic acids is 1. The van der Waals surface area contributed by atoms with E-state index in [1.54, 1.807) is 12.1 Å². The summed E-state index contributed by atoms with van der Waals surface area (Å²) in [5.41, 5.74) is 2.16. The molecular formula is C16H13ClO2. The molecule has 0 aromatic heterocycles. The zero-order chi connectivity index (χ0) is 13.2. The van der Waals surface area contributed by atoms with Crippen LogP contribution < -0.4 is 4.74 Å². The number of ether oxygens (including phenoxy) is 1. The molecule has 0 radical (unpaired) electrons. The zero-order valence-electron chi connectivity index (χ0n) is 10.3. The van der Waals surface area contributed by atoms with Crippen LogP contribution in [0, 0.1) is 5.92 Å². The highest BCUT2D eigenvalue weighted by atomic mass is 35.5. The van der Waals surface area contributed by atoms with Crippen molar-refractivity contribution in [1.82, 2.24) is 0 Å². The van der Waals surface area contributed by atoms with Gasteiger partial charge in [0.15, 0.2) is 0 Å². The van der Waals surface area contributed by atoms with Crippen molar-refractivity contribution >= 4 is 17.6 Å². The van der Waals surface area contributed by atoms with E-state index in [0.29, 0.717) is 23.6 Å². The summed E-state index contributed by atoms with van der Waals surface area (Å²) >= 11 is 5.98. The smallest absolute Gasteiger partial charge is 0.315 e. The number of hydrogen-bond donors (Lipinski definition) is 0. The maximum atomic E-state index is 12.0. The van der Waals surface area contributed by atoms with E-state index in [2.05, 4.69) is 0 Å². The molecule has 0 fully saturated rings. The summed E-state index contributed by atoms with van der Waals surface area (Å²) in [7, 11) is 0. The van der Waals surface area contributed by atoms with E-state index in [0.717, 1.165) is 11.1 Å². The highest BCUT2D eigenvalue weighted by molar-refractivity contribution is 6.30. The van der Waals surface area contributed by atoms with Crippen LogP contribution >= 0.6 is 11.6 Å². The lowest BCUT2D eigenvalue weighted by atomic mass is 9.90. The Hall–Kier alpha value is -1.80. The molecule has 3 heteroatoms. The standard InChI is InChI=1S/C16H13ClO2/c17-14-6-7-15-12(10-14)9-13(16(18)19-15)8-11-4-2-1-3-5-11/h1-7,10,13H,8-9H2. The molecule has 0 amide bonds. The first-order valence-electron chi connectivity index (χ1n) is 6.26. The Kier molecular flexibility index (Phi) is 3.26. The van der Waals surface area contributed by atoms with Crippen LogP contribution in [0.4, 0.5) is 0 Å². The molecule has 19 heavy (non-hydrogen) atoms. The molecule has 1 unspecified atom stereocenters. The highest BCUT2D eigenvalue weighted by Gasteiger charge is 2.28. The summed E-state index contributed by atoms with van der Waals surface area (Å²) in [6.45, 7) is 0. The number of benzene rings is 2. The Morgan fingerprint density at radius 1 is 1.16 bits per heavy atom. The van der Waals surface area contributed by atoms with Crippen LogP contribution in [0.1, 0.15) is 11.1 Å². The van der Waals surface area contributed by atoms with Crippen LogP contribution in [0.15, 0.2) is 48.5 Å². The van der Waals surface area contributed by atoms with E-state index in [1.807, 2.05) is 36.4 Å². The fourth-order valence-electron chi connectivity index (χ4n) is 2.40. The fourth-order valence-corrected chi connectivity index (χ4v) is 2.60. The Labute approximate surface area is 117 Å². The van der Waals surface area contributed by atoms with Gasteiger partial charge in [0.25, 0.3) is 0 Å². The number of halogens is 1. The molecule has 0 saturated heterocycles. The van der Waals surface area contributed by atoms with Crippen molar-refractivity contribution in [2.45, 2.75) is 12.8 Å². The maximum absolute atomic E-state index is 12.0. The third-order valence-electron chi connectivity index (χ3n) is 3.36. The van der Waals surface area contributed by atoms with Crippen LogP contribution in [0.25, 0.3) is 0 Å². The van der Waals surface area contributed by atoms with Gasteiger partial charge in [-0.05, 0) is 42.2 Å². The summed E-state index contributed by atoms with van der Waals surface area (Å²) in [6.07, 6.45) is 1.38. The fraction of sp³-hybridized carbons (Fsp3) is 0.188. The molecule has 1 aliphatic rings. The predicted molar refractivity (Wildman–Crippen MR) is 74.4 cm³/mol. The summed E-state index contributed by atoms with van der Waals surface area (Å²) in [6, 6.07) is 15.4. The molecule has 3 rings (SSSR count). The molecule has 2 aromatic rings. The Bertz CT molecular complexity index is 607. The third kappa shape index (κ3) is 2.64. The molecule has 1 heterocycles. The zero-order valence-corrected chi connectivity index (χ0v) is 11.1. The van der Waals surface area contributed by atoms with Crippen molar-refractivity contribution in [3.8, 4) is 5.75 Å². The van der Waals surface area contributed by atoms with Gasteiger partial charge in [0.1, 0.15) is 5.75 Å². The summed E-state index contributed by atoms with van der Waals surface area (Å²) < 4.78 is 5.37. The van der Waals surface area contributed by atoms with Gasteiger partial charge in [0.05, 0.1) is 5.92 Å². The molecule has 0 saturated carbocycles. The van der Waals surface area contributed by atoms with E-state index in [-0.39, 0.29) is 11.9 Å². The molecular weight excluding hydrogens is 260 g/mol. The van der Waals surface area contributed by atoms with Gasteiger partial charge in [-0.2, -0.15) is 0 Å². The number of hydrogen-bond acceptors (Lipinski definition) is 2. The van der Waals surface area contributed by atoms with Crippen molar-refractivity contribution in [2.24, 2.45) is 5.92 Å². The molecule has 2 nitrogen and oxygen atoms in total. The largest absolute Gasteiger partial charge is 0.426 e. The van der Waals surface area contributed by atoms with Gasteiger partial charge in [-0.25, -0.2) is 0 Å². The van der Waals surface area contributed by atoms with E-state index < -0.39 is 0 Å². The van der Waals surface area contributed by atoms with E-state index in [1.165, 1.54) is 0 Å². The normalized spacial score (nSPS) is 17.7. The van der Waals surface area contributed by atoms with Gasteiger partial charge in [-0.15, -0.1) is 0 Å². The maximum Gasteiger partial charge on any atom is 0.315 e. The number of fused-ring (bicyclic) bond motifs is 1. The second-order valence-corrected chi connectivity index (χ2v) is 5.20. The van der Waals surface area contributed by atoms with Gasteiger partial charge < -0.3 is 4.74 Å². The van der Waals surface area contributed by atoms with Crippen molar-refractivity contribution in [2.75, 3.05) is 0 Å². The second kappa shape index (κ2) is 5.06. The van der Waals surface area contributed by atoms with Crippen molar-refractivity contribution in [3.63, 3.8) is 0 Å². The monoisotopic (exact) mass is 272 g/mol. The van der Waals surface area contributed by atoms with E-state index >= 15 is 0 Å². The van der Waals surface area contributed by atoms with Gasteiger partial charge in [-0.1, -0.05) is 41.9 Å². The minimum Gasteiger partial charge on any atom is -0.426 e. The SMILES string of the molecule is O=C1Oc2ccc(Cl)cc2CC1Cc1ccccc1. The second-order valence-electron chi connectivity index (χ2n) is 4.76. The average molecular weight is 273 g/mol. The highest BCUT2D eigenvalue weighted by Crippen LogP contribution is 2.31. The first kappa shape index (κ1) is 12.2. The molecule has 0 spiro atoms.